The van der Waals surface area contributed by atoms with E-state index in [9.17, 15) is 14.0 Å². The molecular formula is C25H24FN3O2S. The van der Waals surface area contributed by atoms with Crippen molar-refractivity contribution in [3.05, 3.63) is 87.9 Å². The predicted molar refractivity (Wildman–Crippen MR) is 124 cm³/mol. The van der Waals surface area contributed by atoms with Crippen LogP contribution in [0.3, 0.4) is 0 Å². The molecule has 1 fully saturated rings. The molecule has 32 heavy (non-hydrogen) atoms. The van der Waals surface area contributed by atoms with E-state index in [0.29, 0.717) is 37.4 Å². The standard InChI is InChI=1S/C25H24FN3O2S/c1-27-23(21-11-6-16-32-21)22(17-7-2-3-8-18(17)24(27)30)25(31)29-14-12-28(13-15-29)20-10-5-4-9-19(20)26/h2-11,16,22-23H,12-15H2,1H3/t22-,23+/m1/s1. The zero-order valence-electron chi connectivity index (χ0n) is 17.8. The number of para-hydroxylation sites is 1. The molecule has 5 nitrogen and oxygen atoms in total. The van der Waals surface area contributed by atoms with Gasteiger partial charge in [-0.25, -0.2) is 4.39 Å². The van der Waals surface area contributed by atoms with Crippen molar-refractivity contribution in [2.24, 2.45) is 0 Å². The second-order valence-corrected chi connectivity index (χ2v) is 9.18. The molecule has 1 saturated heterocycles. The van der Waals surface area contributed by atoms with Gasteiger partial charge in [0.05, 0.1) is 17.6 Å². The molecule has 5 rings (SSSR count). The summed E-state index contributed by atoms with van der Waals surface area (Å²) in [6, 6.07) is 17.8. The first-order valence-electron chi connectivity index (χ1n) is 10.7. The first kappa shape index (κ1) is 20.7. The van der Waals surface area contributed by atoms with Gasteiger partial charge in [-0.05, 0) is 35.2 Å². The zero-order chi connectivity index (χ0) is 22.2. The van der Waals surface area contributed by atoms with Crippen LogP contribution >= 0.6 is 11.3 Å². The van der Waals surface area contributed by atoms with E-state index in [0.717, 1.165) is 10.4 Å². The number of nitrogens with zero attached hydrogens (tertiary/aromatic N) is 3. The Morgan fingerprint density at radius 3 is 2.41 bits per heavy atom. The summed E-state index contributed by atoms with van der Waals surface area (Å²) in [5.74, 6) is -0.755. The van der Waals surface area contributed by atoms with Gasteiger partial charge in [-0.1, -0.05) is 36.4 Å². The number of benzene rings is 2. The van der Waals surface area contributed by atoms with Crippen molar-refractivity contribution in [3.8, 4) is 0 Å². The monoisotopic (exact) mass is 449 g/mol. The average molecular weight is 450 g/mol. The molecule has 2 aliphatic heterocycles. The SMILES string of the molecule is CN1C(=O)c2ccccc2[C@@H](C(=O)N2CCN(c3ccccc3F)CC2)[C@@H]1c1cccs1. The third-order valence-corrected chi connectivity index (χ3v) is 7.41. The molecule has 0 saturated carbocycles. The predicted octanol–water partition coefficient (Wildman–Crippen LogP) is 4.15. The van der Waals surface area contributed by atoms with Crippen LogP contribution in [0.25, 0.3) is 0 Å². The summed E-state index contributed by atoms with van der Waals surface area (Å²) in [5, 5.41) is 1.98. The van der Waals surface area contributed by atoms with E-state index in [1.165, 1.54) is 6.07 Å². The number of hydrogen-bond acceptors (Lipinski definition) is 4. The van der Waals surface area contributed by atoms with Gasteiger partial charge in [0.25, 0.3) is 5.91 Å². The van der Waals surface area contributed by atoms with Crippen LogP contribution in [0.5, 0.6) is 0 Å². The Balaban J connectivity index is 1.44. The number of hydrogen-bond donors (Lipinski definition) is 0. The quantitative estimate of drug-likeness (QED) is 0.604. The molecule has 164 valence electrons. The summed E-state index contributed by atoms with van der Waals surface area (Å²) in [7, 11) is 1.78. The van der Waals surface area contributed by atoms with Crippen LogP contribution < -0.4 is 4.90 Å². The summed E-state index contributed by atoms with van der Waals surface area (Å²) in [5.41, 5.74) is 1.95. The summed E-state index contributed by atoms with van der Waals surface area (Å²) in [6.45, 7) is 2.17. The number of piperazine rings is 1. The summed E-state index contributed by atoms with van der Waals surface area (Å²) in [4.78, 5) is 33.5. The second kappa shape index (κ2) is 8.39. The summed E-state index contributed by atoms with van der Waals surface area (Å²) >= 11 is 1.56. The Morgan fingerprint density at radius 2 is 1.69 bits per heavy atom. The minimum atomic E-state index is -0.465. The number of halogens is 1. The maximum atomic E-state index is 14.2. The highest BCUT2D eigenvalue weighted by Gasteiger charge is 2.44. The molecule has 0 unspecified atom stereocenters. The number of thiophene rings is 1. The van der Waals surface area contributed by atoms with Crippen molar-refractivity contribution in [3.63, 3.8) is 0 Å². The lowest BCUT2D eigenvalue weighted by Gasteiger charge is -2.43. The minimum Gasteiger partial charge on any atom is -0.366 e. The number of rotatable bonds is 3. The van der Waals surface area contributed by atoms with Gasteiger partial charge in [0.2, 0.25) is 5.91 Å². The van der Waals surface area contributed by atoms with Crippen LogP contribution in [0.15, 0.2) is 66.0 Å². The minimum absolute atomic E-state index is 0.0170. The molecule has 2 amide bonds. The molecule has 2 aromatic carbocycles. The molecule has 0 radical (unpaired) electrons. The number of carbonyl (C=O) groups excluding carboxylic acids is 2. The third kappa shape index (κ3) is 3.46. The van der Waals surface area contributed by atoms with Crippen molar-refractivity contribution in [1.82, 2.24) is 9.80 Å². The highest BCUT2D eigenvalue weighted by Crippen LogP contribution is 2.44. The largest absolute Gasteiger partial charge is 0.366 e. The van der Waals surface area contributed by atoms with E-state index in [1.807, 2.05) is 51.6 Å². The fraction of sp³-hybridized carbons (Fsp3) is 0.280. The lowest BCUT2D eigenvalue weighted by Crippen LogP contribution is -2.53. The molecule has 3 heterocycles. The Hall–Kier alpha value is -3.19. The van der Waals surface area contributed by atoms with Crippen LogP contribution in [0, 0.1) is 5.82 Å². The van der Waals surface area contributed by atoms with Gasteiger partial charge in [-0.3, -0.25) is 9.59 Å². The fourth-order valence-electron chi connectivity index (χ4n) is 4.83. The number of amides is 2. The van der Waals surface area contributed by atoms with Gasteiger partial charge in [-0.2, -0.15) is 0 Å². The Bertz CT molecular complexity index is 1140. The van der Waals surface area contributed by atoms with Crippen LogP contribution in [-0.4, -0.2) is 54.8 Å². The molecule has 0 N–H and O–H groups in total. The van der Waals surface area contributed by atoms with Crippen molar-refractivity contribution in [1.29, 1.82) is 0 Å². The normalized spacial score (nSPS) is 20.9. The van der Waals surface area contributed by atoms with Gasteiger partial charge in [0.1, 0.15) is 5.82 Å². The first-order valence-corrected chi connectivity index (χ1v) is 11.6. The van der Waals surface area contributed by atoms with E-state index in [4.69, 9.17) is 0 Å². The Kier molecular flexibility index (Phi) is 5.43. The molecule has 3 aromatic rings. The maximum Gasteiger partial charge on any atom is 0.254 e. The van der Waals surface area contributed by atoms with Crippen molar-refractivity contribution in [2.75, 3.05) is 38.1 Å². The number of anilines is 1. The fourth-order valence-corrected chi connectivity index (χ4v) is 5.73. The molecule has 0 spiro atoms. The van der Waals surface area contributed by atoms with Gasteiger partial charge in [-0.15, -0.1) is 11.3 Å². The van der Waals surface area contributed by atoms with Gasteiger partial charge in [0, 0.05) is 43.7 Å². The van der Waals surface area contributed by atoms with Crippen molar-refractivity contribution in [2.45, 2.75) is 12.0 Å². The van der Waals surface area contributed by atoms with E-state index < -0.39 is 5.92 Å². The smallest absolute Gasteiger partial charge is 0.254 e. The summed E-state index contributed by atoms with van der Waals surface area (Å²) < 4.78 is 14.2. The average Bonchev–Trinajstić information content (AvgIpc) is 3.36. The molecular weight excluding hydrogens is 425 g/mol. The Morgan fingerprint density at radius 1 is 0.969 bits per heavy atom. The number of carbonyl (C=O) groups is 2. The second-order valence-electron chi connectivity index (χ2n) is 8.20. The zero-order valence-corrected chi connectivity index (χ0v) is 18.6. The molecule has 0 bridgehead atoms. The number of fused-ring (bicyclic) bond motifs is 1. The van der Waals surface area contributed by atoms with Gasteiger partial charge >= 0.3 is 0 Å². The van der Waals surface area contributed by atoms with Crippen LogP contribution in [0.1, 0.15) is 32.8 Å². The number of likely N-dealkylation sites (N-methyl/N-ethyl adjacent to an activating group) is 1. The van der Waals surface area contributed by atoms with Crippen molar-refractivity contribution < 1.29 is 14.0 Å². The Labute approximate surface area is 190 Å². The van der Waals surface area contributed by atoms with Crippen LogP contribution in [0.4, 0.5) is 10.1 Å². The highest BCUT2D eigenvalue weighted by atomic mass is 32.1. The van der Waals surface area contributed by atoms with Crippen LogP contribution in [0.2, 0.25) is 0 Å². The first-order chi connectivity index (χ1) is 15.6. The molecule has 0 aliphatic carbocycles. The van der Waals surface area contributed by atoms with E-state index in [2.05, 4.69) is 0 Å². The highest BCUT2D eigenvalue weighted by molar-refractivity contribution is 7.10. The van der Waals surface area contributed by atoms with E-state index >= 15 is 0 Å². The topological polar surface area (TPSA) is 43.9 Å². The van der Waals surface area contributed by atoms with E-state index in [-0.39, 0.29) is 23.7 Å². The molecule has 2 atom stereocenters. The van der Waals surface area contributed by atoms with Crippen molar-refractivity contribution >= 4 is 28.8 Å². The van der Waals surface area contributed by atoms with Crippen LogP contribution in [-0.2, 0) is 4.79 Å². The molecule has 2 aliphatic rings. The van der Waals surface area contributed by atoms with Gasteiger partial charge < -0.3 is 14.7 Å². The third-order valence-electron chi connectivity index (χ3n) is 6.46. The van der Waals surface area contributed by atoms with Gasteiger partial charge in [0.15, 0.2) is 0 Å². The molecule has 1 aromatic heterocycles. The molecule has 7 heteroatoms. The maximum absolute atomic E-state index is 14.2. The lowest BCUT2D eigenvalue weighted by atomic mass is 9.81. The summed E-state index contributed by atoms with van der Waals surface area (Å²) in [6.07, 6.45) is 0. The lowest BCUT2D eigenvalue weighted by molar-refractivity contribution is -0.134. The van der Waals surface area contributed by atoms with E-state index in [1.54, 1.807) is 41.5 Å².